The van der Waals surface area contributed by atoms with Crippen LogP contribution in [0.3, 0.4) is 0 Å². The molecule has 162 valence electrons. The lowest BCUT2D eigenvalue weighted by Gasteiger charge is -2.15. The number of aliphatic carboxylic acids is 1. The molecule has 32 heavy (non-hydrogen) atoms. The summed E-state index contributed by atoms with van der Waals surface area (Å²) in [5.41, 5.74) is 4.31. The third-order valence-corrected chi connectivity index (χ3v) is 5.16. The van der Waals surface area contributed by atoms with Gasteiger partial charge in [-0.05, 0) is 35.4 Å². The number of rotatable bonds is 9. The number of hydrogen-bond donors (Lipinski definition) is 4. The predicted octanol–water partition coefficient (Wildman–Crippen LogP) is 3.28. The van der Waals surface area contributed by atoms with Crippen molar-refractivity contribution in [2.75, 3.05) is 0 Å². The van der Waals surface area contributed by atoms with Crippen molar-refractivity contribution in [1.82, 2.24) is 20.6 Å². The van der Waals surface area contributed by atoms with E-state index >= 15 is 0 Å². The van der Waals surface area contributed by atoms with E-state index in [1.54, 1.807) is 30.3 Å². The van der Waals surface area contributed by atoms with Gasteiger partial charge in [0.25, 0.3) is 5.91 Å². The smallest absolute Gasteiger partial charge is 0.326 e. The molecule has 0 aliphatic rings. The summed E-state index contributed by atoms with van der Waals surface area (Å²) in [7, 11) is 0. The number of fused-ring (bicyclic) bond motifs is 1. The molecule has 4 N–H and O–H groups in total. The number of nitrogens with zero attached hydrogens (tertiary/aromatic N) is 1. The molecule has 0 radical (unpaired) electrons. The predicted molar refractivity (Wildman–Crippen MR) is 122 cm³/mol. The van der Waals surface area contributed by atoms with Crippen molar-refractivity contribution >= 4 is 22.9 Å². The Kier molecular flexibility index (Phi) is 6.57. The third-order valence-electron chi connectivity index (χ3n) is 5.16. The van der Waals surface area contributed by atoms with E-state index in [4.69, 9.17) is 0 Å². The fraction of sp³-hybridized carbons (Fsp3) is 0.160. The first-order valence-corrected chi connectivity index (χ1v) is 10.4. The van der Waals surface area contributed by atoms with Crippen LogP contribution >= 0.6 is 0 Å². The quantitative estimate of drug-likeness (QED) is 0.327. The van der Waals surface area contributed by atoms with Gasteiger partial charge in [-0.1, -0.05) is 54.6 Å². The van der Waals surface area contributed by atoms with Crippen molar-refractivity contribution in [2.45, 2.75) is 25.6 Å². The van der Waals surface area contributed by atoms with Crippen LogP contribution < -0.4 is 10.6 Å². The molecule has 0 bridgehead atoms. The van der Waals surface area contributed by atoms with Crippen molar-refractivity contribution < 1.29 is 14.7 Å². The molecule has 4 rings (SSSR count). The summed E-state index contributed by atoms with van der Waals surface area (Å²) in [6.07, 6.45) is 0.209. The summed E-state index contributed by atoms with van der Waals surface area (Å²) in [4.78, 5) is 31.8. The summed E-state index contributed by atoms with van der Waals surface area (Å²) in [6.45, 7) is 1.27. The summed E-state index contributed by atoms with van der Waals surface area (Å²) >= 11 is 0. The summed E-state index contributed by atoms with van der Waals surface area (Å²) in [6, 6.07) is 23.2. The molecule has 0 aliphatic carbocycles. The molecule has 4 aromatic rings. The van der Waals surface area contributed by atoms with E-state index in [-0.39, 0.29) is 6.42 Å². The number of benzene rings is 3. The number of aromatic amines is 1. The van der Waals surface area contributed by atoms with Gasteiger partial charge in [0.15, 0.2) is 0 Å². The molecule has 1 heterocycles. The number of carboxylic acid groups (broad SMARTS) is 1. The van der Waals surface area contributed by atoms with Crippen LogP contribution in [0, 0.1) is 0 Å². The molecular weight excluding hydrogens is 404 g/mol. The molecule has 0 saturated carbocycles. The number of imidazole rings is 1. The van der Waals surface area contributed by atoms with E-state index < -0.39 is 17.9 Å². The average molecular weight is 428 g/mol. The Balaban J connectivity index is 1.30. The van der Waals surface area contributed by atoms with Crippen molar-refractivity contribution in [3.8, 4) is 0 Å². The van der Waals surface area contributed by atoms with E-state index in [1.807, 2.05) is 48.5 Å². The van der Waals surface area contributed by atoms with Crippen molar-refractivity contribution in [3.05, 3.63) is 101 Å². The highest BCUT2D eigenvalue weighted by Gasteiger charge is 2.21. The van der Waals surface area contributed by atoms with E-state index in [9.17, 15) is 14.7 Å². The van der Waals surface area contributed by atoms with Gasteiger partial charge < -0.3 is 20.7 Å². The molecule has 1 atom stereocenters. The monoisotopic (exact) mass is 428 g/mol. The van der Waals surface area contributed by atoms with Gasteiger partial charge in [0.1, 0.15) is 11.9 Å². The van der Waals surface area contributed by atoms with Gasteiger partial charge in [-0.3, -0.25) is 4.79 Å². The van der Waals surface area contributed by atoms with Crippen molar-refractivity contribution in [2.24, 2.45) is 0 Å². The van der Waals surface area contributed by atoms with Crippen LogP contribution in [0.4, 0.5) is 0 Å². The molecule has 0 fully saturated rings. The highest BCUT2D eigenvalue weighted by atomic mass is 16.4. The van der Waals surface area contributed by atoms with Gasteiger partial charge in [0, 0.05) is 18.5 Å². The molecule has 7 nitrogen and oxygen atoms in total. The molecule has 0 saturated heterocycles. The van der Waals surface area contributed by atoms with E-state index in [0.717, 1.165) is 28.0 Å². The Morgan fingerprint density at radius 1 is 0.875 bits per heavy atom. The number of aromatic nitrogens is 2. The minimum absolute atomic E-state index is 0.209. The van der Waals surface area contributed by atoms with Crippen LogP contribution in [0.5, 0.6) is 0 Å². The standard InChI is InChI=1S/C25H24N4O3/c30-24(19-6-2-1-3-7-19)29-22(25(31)32)14-17-10-12-18(13-11-17)15-26-16-23-27-20-8-4-5-9-21(20)28-23/h1-13,22,26H,14-16H2,(H,27,28)(H,29,30)(H,31,32). The highest BCUT2D eigenvalue weighted by molar-refractivity contribution is 5.96. The SMILES string of the molecule is O=C(NC(Cc1ccc(CNCc2nc3ccccc3[nH]2)cc1)C(=O)O)c1ccccc1. The summed E-state index contributed by atoms with van der Waals surface area (Å²) in [5.74, 6) is -0.587. The van der Waals surface area contributed by atoms with Crippen molar-refractivity contribution in [3.63, 3.8) is 0 Å². The van der Waals surface area contributed by atoms with E-state index in [0.29, 0.717) is 18.7 Å². The fourth-order valence-electron chi connectivity index (χ4n) is 3.47. The number of nitrogens with one attached hydrogen (secondary N) is 3. The van der Waals surface area contributed by atoms with Crippen LogP contribution in [0.25, 0.3) is 11.0 Å². The van der Waals surface area contributed by atoms with Crippen LogP contribution in [-0.2, 0) is 24.3 Å². The number of carbonyl (C=O) groups excluding carboxylic acids is 1. The first-order chi connectivity index (χ1) is 15.6. The summed E-state index contributed by atoms with van der Waals surface area (Å²) in [5, 5.41) is 15.5. The lowest BCUT2D eigenvalue weighted by molar-refractivity contribution is -0.139. The lowest BCUT2D eigenvalue weighted by atomic mass is 10.0. The Hall–Kier alpha value is -3.97. The highest BCUT2D eigenvalue weighted by Crippen LogP contribution is 2.11. The number of carbonyl (C=O) groups is 2. The van der Waals surface area contributed by atoms with E-state index in [2.05, 4.69) is 20.6 Å². The molecule has 7 heteroatoms. The third kappa shape index (κ3) is 5.39. The topological polar surface area (TPSA) is 107 Å². The minimum Gasteiger partial charge on any atom is -0.480 e. The Morgan fingerprint density at radius 2 is 1.56 bits per heavy atom. The first kappa shape index (κ1) is 21.3. The van der Waals surface area contributed by atoms with Crippen LogP contribution in [0.2, 0.25) is 0 Å². The maximum Gasteiger partial charge on any atom is 0.326 e. The van der Waals surface area contributed by atoms with Gasteiger partial charge in [-0.15, -0.1) is 0 Å². The molecule has 3 aromatic carbocycles. The van der Waals surface area contributed by atoms with Crippen LogP contribution in [0.15, 0.2) is 78.9 Å². The number of carboxylic acids is 1. The molecule has 1 aromatic heterocycles. The zero-order valence-electron chi connectivity index (χ0n) is 17.4. The minimum atomic E-state index is -1.06. The molecule has 1 unspecified atom stereocenters. The van der Waals surface area contributed by atoms with Gasteiger partial charge >= 0.3 is 5.97 Å². The van der Waals surface area contributed by atoms with Gasteiger partial charge in [-0.25, -0.2) is 9.78 Å². The Labute approximate surface area is 185 Å². The number of H-pyrrole nitrogens is 1. The first-order valence-electron chi connectivity index (χ1n) is 10.4. The number of amides is 1. The number of hydrogen-bond acceptors (Lipinski definition) is 4. The summed E-state index contributed by atoms with van der Waals surface area (Å²) < 4.78 is 0. The van der Waals surface area contributed by atoms with Gasteiger partial charge in [0.2, 0.25) is 0 Å². The zero-order valence-corrected chi connectivity index (χ0v) is 17.4. The van der Waals surface area contributed by atoms with Crippen LogP contribution in [0.1, 0.15) is 27.3 Å². The van der Waals surface area contributed by atoms with Gasteiger partial charge in [0.05, 0.1) is 17.6 Å². The Morgan fingerprint density at radius 3 is 2.28 bits per heavy atom. The molecular formula is C25H24N4O3. The maximum absolute atomic E-state index is 12.3. The second kappa shape index (κ2) is 9.89. The normalized spacial score (nSPS) is 11.9. The second-order valence-corrected chi connectivity index (χ2v) is 7.56. The molecule has 1 amide bonds. The zero-order chi connectivity index (χ0) is 22.3. The Bertz CT molecular complexity index is 1170. The van der Waals surface area contributed by atoms with Crippen molar-refractivity contribution in [1.29, 1.82) is 0 Å². The number of para-hydroxylation sites is 2. The average Bonchev–Trinajstić information content (AvgIpc) is 3.23. The largest absolute Gasteiger partial charge is 0.480 e. The molecule has 0 spiro atoms. The lowest BCUT2D eigenvalue weighted by Crippen LogP contribution is -2.42. The van der Waals surface area contributed by atoms with Gasteiger partial charge in [-0.2, -0.15) is 0 Å². The fourth-order valence-corrected chi connectivity index (χ4v) is 3.47. The van der Waals surface area contributed by atoms with E-state index in [1.165, 1.54) is 0 Å². The van der Waals surface area contributed by atoms with Crippen LogP contribution in [-0.4, -0.2) is 33.0 Å². The molecule has 0 aliphatic heterocycles. The second-order valence-electron chi connectivity index (χ2n) is 7.56. The maximum atomic E-state index is 12.3.